The molecule has 0 radical (unpaired) electrons. The summed E-state index contributed by atoms with van der Waals surface area (Å²) in [6, 6.07) is 10.5. The van der Waals surface area contributed by atoms with E-state index in [1.807, 2.05) is 32.2 Å². The lowest BCUT2D eigenvalue weighted by Gasteiger charge is -2.22. The molecule has 1 amide bonds. The summed E-state index contributed by atoms with van der Waals surface area (Å²) in [4.78, 5) is 13.4. The highest BCUT2D eigenvalue weighted by Crippen LogP contribution is 2.24. The quantitative estimate of drug-likeness (QED) is 0.756. The lowest BCUT2D eigenvalue weighted by Crippen LogP contribution is -3.12. The number of hydrogen-bond acceptors (Lipinski definition) is 3. The first-order chi connectivity index (χ1) is 13.1. The molecular weight excluding hydrogens is 373 g/mol. The Morgan fingerprint density at radius 2 is 1.82 bits per heavy atom. The van der Waals surface area contributed by atoms with Gasteiger partial charge in [0.1, 0.15) is 18.0 Å². The van der Waals surface area contributed by atoms with Gasteiger partial charge in [0.2, 0.25) is 0 Å². The number of amides is 1. The Labute approximate surface area is 162 Å². The van der Waals surface area contributed by atoms with Crippen LogP contribution >= 0.6 is 0 Å². The van der Waals surface area contributed by atoms with Gasteiger partial charge in [0.05, 0.1) is 14.2 Å². The van der Waals surface area contributed by atoms with E-state index in [0.717, 1.165) is 33.9 Å². The second-order valence-electron chi connectivity index (χ2n) is 6.62. The first-order valence-corrected chi connectivity index (χ1v) is 8.71. The van der Waals surface area contributed by atoms with Crippen molar-refractivity contribution in [2.24, 2.45) is 0 Å². The molecule has 2 aromatic rings. The van der Waals surface area contributed by atoms with Gasteiger partial charge in [-0.05, 0) is 50.2 Å². The normalized spacial score (nSPS) is 13.5. The third-order valence-corrected chi connectivity index (χ3v) is 4.39. The largest absolute Gasteiger partial charge is 0.573 e. The maximum absolute atomic E-state index is 12.5. The predicted octanol–water partition coefficient (Wildman–Crippen LogP) is 2.94. The first kappa shape index (κ1) is 21.6. The fraction of sp³-hybridized carbons (Fsp3) is 0.350. The van der Waals surface area contributed by atoms with Gasteiger partial charge in [-0.15, -0.1) is 13.2 Å². The number of carbonyl (C=O) groups excluding carboxylic acids is 1. The van der Waals surface area contributed by atoms with Crippen molar-refractivity contribution in [3.8, 4) is 11.5 Å². The second kappa shape index (κ2) is 8.97. The second-order valence-corrected chi connectivity index (χ2v) is 6.62. The Kier molecular flexibility index (Phi) is 6.90. The maximum Gasteiger partial charge on any atom is 0.573 e. The number of nitrogens with one attached hydrogen (secondary N) is 2. The number of quaternary nitrogens is 1. The average Bonchev–Trinajstić information content (AvgIpc) is 2.61. The summed E-state index contributed by atoms with van der Waals surface area (Å²) < 4.78 is 45.8. The van der Waals surface area contributed by atoms with E-state index in [-0.39, 0.29) is 11.7 Å². The van der Waals surface area contributed by atoms with Crippen LogP contribution in [0.25, 0.3) is 0 Å². The van der Waals surface area contributed by atoms with Crippen LogP contribution in [0.2, 0.25) is 0 Å². The van der Waals surface area contributed by atoms with Crippen LogP contribution in [0.5, 0.6) is 11.5 Å². The molecule has 2 aromatic carbocycles. The number of carbonyl (C=O) groups is 1. The predicted molar refractivity (Wildman–Crippen MR) is 99.5 cm³/mol. The summed E-state index contributed by atoms with van der Waals surface area (Å²) in [6.45, 7) is 4.35. The van der Waals surface area contributed by atoms with Gasteiger partial charge in [-0.1, -0.05) is 11.6 Å². The van der Waals surface area contributed by atoms with Crippen molar-refractivity contribution in [3.05, 3.63) is 53.6 Å². The first-order valence-electron chi connectivity index (χ1n) is 8.71. The smallest absolute Gasteiger partial charge is 0.496 e. The van der Waals surface area contributed by atoms with E-state index in [1.54, 1.807) is 14.0 Å². The third kappa shape index (κ3) is 6.16. The standard InChI is InChI=1S/C20H23F3N2O3/c1-13-5-10-18(27-4)15(11-13)12-25(3)14(2)19(26)24-16-6-8-17(9-7-16)28-20(21,22)23/h5-11,14H,12H2,1-4H3,(H,24,26)/p+1/t14-/m1/s1. The van der Waals surface area contributed by atoms with Crippen molar-refractivity contribution < 1.29 is 32.3 Å². The highest BCUT2D eigenvalue weighted by Gasteiger charge is 2.31. The van der Waals surface area contributed by atoms with E-state index in [0.29, 0.717) is 12.2 Å². The maximum atomic E-state index is 12.5. The van der Waals surface area contributed by atoms with Crippen LogP contribution in [0.3, 0.4) is 0 Å². The number of halogens is 3. The number of hydrogen-bond donors (Lipinski definition) is 2. The monoisotopic (exact) mass is 397 g/mol. The Hall–Kier alpha value is -2.74. The zero-order valence-electron chi connectivity index (χ0n) is 16.2. The van der Waals surface area contributed by atoms with Gasteiger partial charge in [-0.3, -0.25) is 4.79 Å². The topological polar surface area (TPSA) is 52.0 Å². The van der Waals surface area contributed by atoms with E-state index in [2.05, 4.69) is 10.1 Å². The van der Waals surface area contributed by atoms with Crippen LogP contribution in [0.15, 0.2) is 42.5 Å². The molecule has 1 unspecified atom stereocenters. The SMILES string of the molecule is COc1ccc(C)cc1C[NH+](C)[C@H](C)C(=O)Nc1ccc(OC(F)(F)F)cc1. The van der Waals surface area contributed by atoms with Crippen LogP contribution in [-0.4, -0.2) is 32.5 Å². The molecule has 0 saturated heterocycles. The van der Waals surface area contributed by atoms with Crippen molar-refractivity contribution in [1.82, 2.24) is 0 Å². The molecule has 8 heteroatoms. The van der Waals surface area contributed by atoms with Crippen LogP contribution in [0, 0.1) is 6.92 Å². The molecule has 0 aliphatic rings. The van der Waals surface area contributed by atoms with E-state index >= 15 is 0 Å². The molecule has 2 rings (SSSR count). The molecule has 0 spiro atoms. The zero-order valence-corrected chi connectivity index (χ0v) is 16.2. The van der Waals surface area contributed by atoms with Crippen LogP contribution < -0.4 is 19.7 Å². The number of methoxy groups -OCH3 is 1. The van der Waals surface area contributed by atoms with E-state index in [4.69, 9.17) is 4.74 Å². The summed E-state index contributed by atoms with van der Waals surface area (Å²) in [5.74, 6) is 0.180. The van der Waals surface area contributed by atoms with Crippen LogP contribution in [0.1, 0.15) is 18.1 Å². The molecule has 0 heterocycles. The van der Waals surface area contributed by atoms with E-state index in [9.17, 15) is 18.0 Å². The molecular formula is C20H24F3N2O3+. The van der Waals surface area contributed by atoms with Crippen LogP contribution in [-0.2, 0) is 11.3 Å². The lowest BCUT2D eigenvalue weighted by atomic mass is 10.1. The van der Waals surface area contributed by atoms with E-state index in [1.165, 1.54) is 12.1 Å². The van der Waals surface area contributed by atoms with Gasteiger partial charge in [0.25, 0.3) is 5.91 Å². The van der Waals surface area contributed by atoms with Gasteiger partial charge >= 0.3 is 6.36 Å². The van der Waals surface area contributed by atoms with Gasteiger partial charge in [-0.2, -0.15) is 0 Å². The summed E-state index contributed by atoms with van der Waals surface area (Å²) in [7, 11) is 3.50. The lowest BCUT2D eigenvalue weighted by molar-refractivity contribution is -0.907. The third-order valence-electron chi connectivity index (χ3n) is 4.39. The van der Waals surface area contributed by atoms with Gasteiger partial charge < -0.3 is 19.7 Å². The van der Waals surface area contributed by atoms with Gasteiger partial charge in [0.15, 0.2) is 6.04 Å². The van der Waals surface area contributed by atoms with Gasteiger partial charge in [-0.25, -0.2) is 0 Å². The number of rotatable bonds is 7. The van der Waals surface area contributed by atoms with Crippen molar-refractivity contribution in [3.63, 3.8) is 0 Å². The minimum atomic E-state index is -4.75. The zero-order chi connectivity index (χ0) is 20.9. The minimum Gasteiger partial charge on any atom is -0.496 e. The number of anilines is 1. The summed E-state index contributed by atoms with van der Waals surface area (Å²) in [6.07, 6.45) is -4.75. The van der Waals surface area contributed by atoms with Crippen molar-refractivity contribution in [2.75, 3.05) is 19.5 Å². The summed E-state index contributed by atoms with van der Waals surface area (Å²) in [5, 5.41) is 2.71. The number of aryl methyl sites for hydroxylation is 1. The van der Waals surface area contributed by atoms with E-state index < -0.39 is 12.4 Å². The molecule has 5 nitrogen and oxygen atoms in total. The Balaban J connectivity index is 1.99. The Morgan fingerprint density at radius 3 is 2.39 bits per heavy atom. The number of alkyl halides is 3. The van der Waals surface area contributed by atoms with Crippen molar-refractivity contribution >= 4 is 11.6 Å². The fourth-order valence-corrected chi connectivity index (χ4v) is 2.71. The summed E-state index contributed by atoms with van der Waals surface area (Å²) in [5.41, 5.74) is 2.49. The minimum absolute atomic E-state index is 0.242. The number of ether oxygens (including phenoxy) is 2. The molecule has 0 fully saturated rings. The van der Waals surface area contributed by atoms with Crippen LogP contribution in [0.4, 0.5) is 18.9 Å². The molecule has 28 heavy (non-hydrogen) atoms. The molecule has 2 N–H and O–H groups in total. The molecule has 0 aromatic heterocycles. The molecule has 0 saturated carbocycles. The Morgan fingerprint density at radius 1 is 1.18 bits per heavy atom. The van der Waals surface area contributed by atoms with Gasteiger partial charge in [0, 0.05) is 11.3 Å². The number of benzene rings is 2. The fourth-order valence-electron chi connectivity index (χ4n) is 2.71. The molecule has 152 valence electrons. The Bertz CT molecular complexity index is 807. The number of likely N-dealkylation sites (N-methyl/N-ethyl adjacent to an activating group) is 1. The highest BCUT2D eigenvalue weighted by molar-refractivity contribution is 5.93. The average molecular weight is 397 g/mol. The molecule has 2 atom stereocenters. The molecule has 0 aliphatic carbocycles. The van der Waals surface area contributed by atoms with Crippen molar-refractivity contribution in [2.45, 2.75) is 32.8 Å². The molecule has 0 bridgehead atoms. The molecule has 0 aliphatic heterocycles. The summed E-state index contributed by atoms with van der Waals surface area (Å²) >= 11 is 0. The van der Waals surface area contributed by atoms with Crippen molar-refractivity contribution in [1.29, 1.82) is 0 Å². The highest BCUT2D eigenvalue weighted by atomic mass is 19.4.